The summed E-state index contributed by atoms with van der Waals surface area (Å²) < 4.78 is 64.3. The van der Waals surface area contributed by atoms with Gasteiger partial charge in [-0.25, -0.2) is 0 Å². The zero-order chi connectivity index (χ0) is 27.6. The standard InChI is InChI=1S/C28H31F3N2O5/c1-4-33-25(34)27(36-17-20-10-6-5-9-19(20)15-32)13-22(24-23(14-27)37-26(2,3)38-24)35-16-18-8-7-11-21(12-18)28(29,30)31/h5-12,22-24H,4,13-14,16-17H2,1-3H3,(H,33,34)/t22?,23-,24+,27-/m1/s1. The zero-order valence-electron chi connectivity index (χ0n) is 21.5. The molecule has 2 aliphatic rings. The van der Waals surface area contributed by atoms with Gasteiger partial charge in [-0.15, -0.1) is 0 Å². The SMILES string of the molecule is CCNC(=O)[C@@]1(OCc2ccccc2C#N)CC(OCc2cccc(C(F)(F)F)c2)[C@@H]2OC(C)(C)O[C@@H]2C1. The van der Waals surface area contributed by atoms with Crippen molar-refractivity contribution in [1.29, 1.82) is 5.26 Å². The second-order valence-electron chi connectivity index (χ2n) is 10.0. The Labute approximate surface area is 219 Å². The minimum atomic E-state index is -4.47. The summed E-state index contributed by atoms with van der Waals surface area (Å²) in [7, 11) is 0. The molecule has 2 aromatic rings. The first-order valence-corrected chi connectivity index (χ1v) is 12.5. The monoisotopic (exact) mass is 532 g/mol. The van der Waals surface area contributed by atoms with E-state index in [4.69, 9.17) is 18.9 Å². The fraction of sp³-hybridized carbons (Fsp3) is 0.500. The number of benzene rings is 2. The Bertz CT molecular complexity index is 1200. The summed E-state index contributed by atoms with van der Waals surface area (Å²) in [5.74, 6) is -1.30. The van der Waals surface area contributed by atoms with Crippen molar-refractivity contribution in [1.82, 2.24) is 5.32 Å². The summed E-state index contributed by atoms with van der Waals surface area (Å²) in [5.41, 5.74) is -0.732. The van der Waals surface area contributed by atoms with Crippen molar-refractivity contribution in [2.24, 2.45) is 0 Å². The van der Waals surface area contributed by atoms with Gasteiger partial charge in [-0.2, -0.15) is 18.4 Å². The van der Waals surface area contributed by atoms with E-state index in [1.165, 1.54) is 6.07 Å². The van der Waals surface area contributed by atoms with Crippen LogP contribution >= 0.6 is 0 Å². The molecule has 0 bridgehead atoms. The number of nitriles is 1. The van der Waals surface area contributed by atoms with E-state index in [-0.39, 0.29) is 32.0 Å². The van der Waals surface area contributed by atoms with E-state index in [1.807, 2.05) is 0 Å². The van der Waals surface area contributed by atoms with E-state index in [0.717, 1.165) is 12.1 Å². The lowest BCUT2D eigenvalue weighted by atomic mass is 9.78. The van der Waals surface area contributed by atoms with Crippen molar-refractivity contribution in [3.05, 3.63) is 70.8 Å². The van der Waals surface area contributed by atoms with Gasteiger partial charge in [0.1, 0.15) is 6.10 Å². The normalized spacial score (nSPS) is 26.4. The lowest BCUT2D eigenvalue weighted by Crippen LogP contribution is -2.60. The molecule has 1 saturated carbocycles. The van der Waals surface area contributed by atoms with Gasteiger partial charge >= 0.3 is 6.18 Å². The summed E-state index contributed by atoms with van der Waals surface area (Å²) in [4.78, 5) is 13.4. The second-order valence-corrected chi connectivity index (χ2v) is 10.0. The Kier molecular flexibility index (Phi) is 8.14. The summed E-state index contributed by atoms with van der Waals surface area (Å²) >= 11 is 0. The Balaban J connectivity index is 1.61. The van der Waals surface area contributed by atoms with E-state index in [9.17, 15) is 23.2 Å². The van der Waals surface area contributed by atoms with Gasteiger partial charge < -0.3 is 24.3 Å². The Hall–Kier alpha value is -2.97. The van der Waals surface area contributed by atoms with Gasteiger partial charge in [0.25, 0.3) is 5.91 Å². The first-order valence-electron chi connectivity index (χ1n) is 12.5. The van der Waals surface area contributed by atoms with Gasteiger partial charge in [0.2, 0.25) is 0 Å². The van der Waals surface area contributed by atoms with Crippen molar-refractivity contribution in [2.75, 3.05) is 6.54 Å². The van der Waals surface area contributed by atoms with Gasteiger partial charge in [0.05, 0.1) is 42.6 Å². The lowest BCUT2D eigenvalue weighted by molar-refractivity contribution is -0.183. The van der Waals surface area contributed by atoms with Crippen molar-refractivity contribution >= 4 is 5.91 Å². The van der Waals surface area contributed by atoms with Crippen LogP contribution in [-0.4, -0.2) is 42.2 Å². The van der Waals surface area contributed by atoms with Crippen LogP contribution in [0.4, 0.5) is 13.2 Å². The average Bonchev–Trinajstić information content (AvgIpc) is 3.19. The molecule has 1 aliphatic heterocycles. The number of rotatable bonds is 8. The highest BCUT2D eigenvalue weighted by molar-refractivity contribution is 5.85. The van der Waals surface area contributed by atoms with Crippen LogP contribution in [0.5, 0.6) is 0 Å². The average molecular weight is 533 g/mol. The van der Waals surface area contributed by atoms with E-state index in [0.29, 0.717) is 23.2 Å². The molecule has 1 aliphatic carbocycles. The van der Waals surface area contributed by atoms with Crippen LogP contribution in [0.3, 0.4) is 0 Å². The first kappa shape index (κ1) is 28.0. The van der Waals surface area contributed by atoms with Crippen LogP contribution in [0.25, 0.3) is 0 Å². The third-order valence-corrected chi connectivity index (χ3v) is 6.76. The number of hydrogen-bond acceptors (Lipinski definition) is 6. The number of fused-ring (bicyclic) bond motifs is 1. The molecule has 1 unspecified atom stereocenters. The Morgan fingerprint density at radius 3 is 2.61 bits per heavy atom. The van der Waals surface area contributed by atoms with E-state index < -0.39 is 41.4 Å². The highest BCUT2D eigenvalue weighted by atomic mass is 19.4. The Morgan fingerprint density at radius 1 is 1.13 bits per heavy atom. The first-order chi connectivity index (χ1) is 18.0. The molecular weight excluding hydrogens is 501 g/mol. The number of nitrogens with zero attached hydrogens (tertiary/aromatic N) is 1. The number of hydrogen-bond donors (Lipinski definition) is 1. The number of ether oxygens (including phenoxy) is 4. The Morgan fingerprint density at radius 2 is 1.89 bits per heavy atom. The van der Waals surface area contributed by atoms with Crippen molar-refractivity contribution in [3.63, 3.8) is 0 Å². The highest BCUT2D eigenvalue weighted by Gasteiger charge is 2.58. The molecule has 1 saturated heterocycles. The van der Waals surface area contributed by atoms with Crippen molar-refractivity contribution in [2.45, 2.75) is 82.7 Å². The minimum Gasteiger partial charge on any atom is -0.371 e. The predicted octanol–water partition coefficient (Wildman–Crippen LogP) is 4.87. The molecule has 1 heterocycles. The number of alkyl halides is 3. The molecule has 0 spiro atoms. The van der Waals surface area contributed by atoms with Crippen LogP contribution in [0.15, 0.2) is 48.5 Å². The summed E-state index contributed by atoms with van der Waals surface area (Å²) in [6, 6.07) is 14.0. The molecular formula is C28H31F3N2O5. The molecule has 0 radical (unpaired) electrons. The maximum Gasteiger partial charge on any atom is 0.416 e. The number of carbonyl (C=O) groups is 1. The zero-order valence-corrected chi connectivity index (χ0v) is 21.5. The maximum atomic E-state index is 13.4. The molecule has 4 atom stereocenters. The smallest absolute Gasteiger partial charge is 0.371 e. The van der Waals surface area contributed by atoms with E-state index in [1.54, 1.807) is 51.1 Å². The van der Waals surface area contributed by atoms with Crippen molar-refractivity contribution < 1.29 is 36.9 Å². The van der Waals surface area contributed by atoms with Crippen LogP contribution in [0.1, 0.15) is 55.9 Å². The molecule has 7 nitrogen and oxygen atoms in total. The second kappa shape index (κ2) is 11.0. The van der Waals surface area contributed by atoms with Crippen LogP contribution in [0, 0.1) is 11.3 Å². The highest BCUT2D eigenvalue weighted by Crippen LogP contribution is 2.44. The van der Waals surface area contributed by atoms with Crippen LogP contribution in [0.2, 0.25) is 0 Å². The third-order valence-electron chi connectivity index (χ3n) is 6.76. The maximum absolute atomic E-state index is 13.4. The molecule has 0 aromatic heterocycles. The topological polar surface area (TPSA) is 89.8 Å². The molecule has 2 aromatic carbocycles. The third kappa shape index (κ3) is 6.18. The predicted molar refractivity (Wildman–Crippen MR) is 130 cm³/mol. The molecule has 4 rings (SSSR count). The van der Waals surface area contributed by atoms with Crippen molar-refractivity contribution in [3.8, 4) is 6.07 Å². The molecule has 2 fully saturated rings. The molecule has 10 heteroatoms. The summed E-state index contributed by atoms with van der Waals surface area (Å²) in [5, 5.41) is 12.3. The summed E-state index contributed by atoms with van der Waals surface area (Å²) in [6.45, 7) is 5.56. The van der Waals surface area contributed by atoms with E-state index >= 15 is 0 Å². The van der Waals surface area contributed by atoms with Gasteiger partial charge in [0, 0.05) is 19.4 Å². The van der Waals surface area contributed by atoms with Gasteiger partial charge in [-0.3, -0.25) is 4.79 Å². The number of halogens is 3. The lowest BCUT2D eigenvalue weighted by Gasteiger charge is -2.43. The number of nitrogens with one attached hydrogen (secondary N) is 1. The van der Waals surface area contributed by atoms with Gasteiger partial charge in [0.15, 0.2) is 11.4 Å². The molecule has 38 heavy (non-hydrogen) atoms. The quantitative estimate of drug-likeness (QED) is 0.522. The van der Waals surface area contributed by atoms with Gasteiger partial charge in [-0.1, -0.05) is 30.3 Å². The molecule has 1 N–H and O–H groups in total. The number of likely N-dealkylation sites (N-methyl/N-ethyl adjacent to an activating group) is 1. The van der Waals surface area contributed by atoms with Crippen LogP contribution in [-0.2, 0) is 43.1 Å². The fourth-order valence-corrected chi connectivity index (χ4v) is 5.04. The summed E-state index contributed by atoms with van der Waals surface area (Å²) in [6.07, 6.45) is -6.01. The van der Waals surface area contributed by atoms with Gasteiger partial charge in [-0.05, 0) is 50.1 Å². The minimum absolute atomic E-state index is 0.00283. The van der Waals surface area contributed by atoms with Crippen LogP contribution < -0.4 is 5.32 Å². The number of carbonyl (C=O) groups excluding carboxylic acids is 1. The number of amides is 1. The fourth-order valence-electron chi connectivity index (χ4n) is 5.04. The molecule has 204 valence electrons. The molecule has 1 amide bonds. The van der Waals surface area contributed by atoms with E-state index in [2.05, 4.69) is 11.4 Å². The largest absolute Gasteiger partial charge is 0.416 e.